The molecule has 2 aromatic rings. The molecule has 0 atom stereocenters. The summed E-state index contributed by atoms with van der Waals surface area (Å²) in [7, 11) is 0. The Labute approximate surface area is 138 Å². The summed E-state index contributed by atoms with van der Waals surface area (Å²) in [5.74, 6) is -0.352. The average molecular weight is 337 g/mol. The first-order valence-corrected chi connectivity index (χ1v) is 7.40. The molecule has 2 rings (SSSR count). The van der Waals surface area contributed by atoms with E-state index < -0.39 is 5.97 Å². The van der Waals surface area contributed by atoms with E-state index in [9.17, 15) is 9.90 Å². The molecular weight excluding hydrogens is 323 g/mol. The van der Waals surface area contributed by atoms with Crippen LogP contribution in [0, 0.1) is 0 Å². The lowest BCUT2D eigenvalue weighted by atomic mass is 10.0. The summed E-state index contributed by atoms with van der Waals surface area (Å²) in [5, 5.41) is 10.1. The molecule has 3 nitrogen and oxygen atoms in total. The SMILES string of the molecule is CCOc1cccc(/C=C(\C(=O)O)c2ccc(Cl)c(Cl)c2)c1. The van der Waals surface area contributed by atoms with E-state index in [1.54, 1.807) is 24.3 Å². The smallest absolute Gasteiger partial charge is 0.336 e. The maximum absolute atomic E-state index is 11.5. The molecule has 0 fully saturated rings. The number of rotatable bonds is 5. The van der Waals surface area contributed by atoms with Gasteiger partial charge in [-0.2, -0.15) is 0 Å². The van der Waals surface area contributed by atoms with Gasteiger partial charge in [-0.05, 0) is 48.4 Å². The molecule has 0 aliphatic heterocycles. The Morgan fingerprint density at radius 3 is 2.59 bits per heavy atom. The van der Waals surface area contributed by atoms with E-state index in [1.165, 1.54) is 6.07 Å². The molecule has 0 unspecified atom stereocenters. The van der Waals surface area contributed by atoms with Crippen LogP contribution in [0.5, 0.6) is 5.75 Å². The van der Waals surface area contributed by atoms with Gasteiger partial charge in [0.2, 0.25) is 0 Å². The van der Waals surface area contributed by atoms with Crippen molar-refractivity contribution in [1.82, 2.24) is 0 Å². The van der Waals surface area contributed by atoms with Crippen molar-refractivity contribution in [3.63, 3.8) is 0 Å². The van der Waals surface area contributed by atoms with E-state index in [4.69, 9.17) is 27.9 Å². The van der Waals surface area contributed by atoms with Crippen molar-refractivity contribution in [1.29, 1.82) is 0 Å². The maximum atomic E-state index is 11.5. The van der Waals surface area contributed by atoms with Crippen molar-refractivity contribution in [3.8, 4) is 5.75 Å². The van der Waals surface area contributed by atoms with Crippen LogP contribution in [0.3, 0.4) is 0 Å². The molecule has 0 aliphatic carbocycles. The minimum Gasteiger partial charge on any atom is -0.494 e. The fourth-order valence-electron chi connectivity index (χ4n) is 1.96. The van der Waals surface area contributed by atoms with Crippen molar-refractivity contribution >= 4 is 40.8 Å². The Bertz CT molecular complexity index is 724. The first-order chi connectivity index (χ1) is 10.5. The summed E-state index contributed by atoms with van der Waals surface area (Å²) in [6.07, 6.45) is 1.57. The Hall–Kier alpha value is -1.97. The van der Waals surface area contributed by atoms with Crippen molar-refractivity contribution in [2.45, 2.75) is 6.92 Å². The topological polar surface area (TPSA) is 46.5 Å². The van der Waals surface area contributed by atoms with Crippen LogP contribution in [-0.4, -0.2) is 17.7 Å². The highest BCUT2D eigenvalue weighted by Crippen LogP contribution is 2.28. The van der Waals surface area contributed by atoms with Crippen molar-refractivity contribution in [3.05, 3.63) is 63.6 Å². The third kappa shape index (κ3) is 4.03. The summed E-state index contributed by atoms with van der Waals surface area (Å²) >= 11 is 11.8. The number of ether oxygens (including phenoxy) is 1. The van der Waals surface area contributed by atoms with Crippen molar-refractivity contribution in [2.24, 2.45) is 0 Å². The van der Waals surface area contributed by atoms with Gasteiger partial charge in [0.05, 0.1) is 22.2 Å². The van der Waals surface area contributed by atoms with Crippen LogP contribution in [0.25, 0.3) is 11.6 Å². The van der Waals surface area contributed by atoms with Crippen LogP contribution in [0.2, 0.25) is 10.0 Å². The Morgan fingerprint density at radius 2 is 1.95 bits per heavy atom. The summed E-state index contributed by atoms with van der Waals surface area (Å²) in [5.41, 5.74) is 1.35. The predicted octanol–water partition coefficient (Wildman–Crippen LogP) is 5.02. The van der Waals surface area contributed by atoms with Gasteiger partial charge in [0.25, 0.3) is 0 Å². The zero-order chi connectivity index (χ0) is 16.1. The lowest BCUT2D eigenvalue weighted by Crippen LogP contribution is -2.00. The molecule has 0 radical (unpaired) electrons. The molecule has 0 saturated carbocycles. The van der Waals surface area contributed by atoms with E-state index in [-0.39, 0.29) is 5.57 Å². The van der Waals surface area contributed by atoms with Crippen LogP contribution >= 0.6 is 23.2 Å². The van der Waals surface area contributed by atoms with E-state index in [1.807, 2.05) is 25.1 Å². The molecule has 0 bridgehead atoms. The van der Waals surface area contributed by atoms with Gasteiger partial charge in [0, 0.05) is 0 Å². The predicted molar refractivity (Wildman–Crippen MR) is 89.6 cm³/mol. The zero-order valence-corrected chi connectivity index (χ0v) is 13.4. The number of carbonyl (C=O) groups is 1. The number of benzene rings is 2. The standard InChI is InChI=1S/C17H14Cl2O3/c1-2-22-13-5-3-4-11(8-13)9-14(17(20)21)12-6-7-15(18)16(19)10-12/h3-10H,2H2,1H3,(H,20,21)/b14-9-. The molecule has 0 heterocycles. The highest BCUT2D eigenvalue weighted by molar-refractivity contribution is 6.42. The molecule has 0 amide bonds. The van der Waals surface area contributed by atoms with Gasteiger partial charge in [0.15, 0.2) is 0 Å². The van der Waals surface area contributed by atoms with E-state index in [0.717, 1.165) is 5.56 Å². The first-order valence-electron chi connectivity index (χ1n) is 6.64. The van der Waals surface area contributed by atoms with Gasteiger partial charge in [-0.25, -0.2) is 4.79 Å². The van der Waals surface area contributed by atoms with Crippen LogP contribution in [0.4, 0.5) is 0 Å². The minimum absolute atomic E-state index is 0.132. The molecule has 0 aliphatic rings. The lowest BCUT2D eigenvalue weighted by molar-refractivity contribution is -0.130. The Balaban J connectivity index is 2.45. The number of aliphatic carboxylic acids is 1. The minimum atomic E-state index is -1.04. The monoisotopic (exact) mass is 336 g/mol. The first kappa shape index (κ1) is 16.4. The normalized spacial score (nSPS) is 11.3. The maximum Gasteiger partial charge on any atom is 0.336 e. The fourth-order valence-corrected chi connectivity index (χ4v) is 2.26. The largest absolute Gasteiger partial charge is 0.494 e. The summed E-state index contributed by atoms with van der Waals surface area (Å²) in [6, 6.07) is 12.0. The quantitative estimate of drug-likeness (QED) is 0.616. The second-order valence-electron chi connectivity index (χ2n) is 4.50. The summed E-state index contributed by atoms with van der Waals surface area (Å²) in [6.45, 7) is 2.44. The number of hydrogen-bond donors (Lipinski definition) is 1. The van der Waals surface area contributed by atoms with Gasteiger partial charge < -0.3 is 9.84 Å². The highest BCUT2D eigenvalue weighted by Gasteiger charge is 2.12. The van der Waals surface area contributed by atoms with Crippen LogP contribution < -0.4 is 4.74 Å². The molecule has 2 aromatic carbocycles. The Kier molecular flexibility index (Phi) is 5.47. The van der Waals surface area contributed by atoms with Gasteiger partial charge in [-0.15, -0.1) is 0 Å². The van der Waals surface area contributed by atoms with Gasteiger partial charge in [0.1, 0.15) is 5.75 Å². The van der Waals surface area contributed by atoms with Gasteiger partial charge >= 0.3 is 5.97 Å². The third-order valence-electron chi connectivity index (χ3n) is 2.94. The molecule has 5 heteroatoms. The molecule has 0 aromatic heterocycles. The fraction of sp³-hybridized carbons (Fsp3) is 0.118. The molecular formula is C17H14Cl2O3. The van der Waals surface area contributed by atoms with Crippen molar-refractivity contribution < 1.29 is 14.6 Å². The van der Waals surface area contributed by atoms with E-state index in [2.05, 4.69) is 0 Å². The number of carboxylic acids is 1. The molecule has 1 N–H and O–H groups in total. The Morgan fingerprint density at radius 1 is 1.18 bits per heavy atom. The average Bonchev–Trinajstić information content (AvgIpc) is 2.48. The molecule has 0 saturated heterocycles. The molecule has 0 spiro atoms. The third-order valence-corrected chi connectivity index (χ3v) is 3.68. The lowest BCUT2D eigenvalue weighted by Gasteiger charge is -2.07. The van der Waals surface area contributed by atoms with Crippen LogP contribution in [0.15, 0.2) is 42.5 Å². The molecule has 22 heavy (non-hydrogen) atoms. The highest BCUT2D eigenvalue weighted by atomic mass is 35.5. The second-order valence-corrected chi connectivity index (χ2v) is 5.31. The second kappa shape index (κ2) is 7.34. The van der Waals surface area contributed by atoms with Crippen molar-refractivity contribution in [2.75, 3.05) is 6.61 Å². The number of hydrogen-bond acceptors (Lipinski definition) is 2. The van der Waals surface area contributed by atoms with Gasteiger partial charge in [-0.3, -0.25) is 0 Å². The van der Waals surface area contributed by atoms with Gasteiger partial charge in [-0.1, -0.05) is 41.4 Å². The van der Waals surface area contributed by atoms with E-state index in [0.29, 0.717) is 28.0 Å². The van der Waals surface area contributed by atoms with E-state index >= 15 is 0 Å². The molecule has 114 valence electrons. The number of carboxylic acid groups (broad SMARTS) is 1. The number of halogens is 2. The van der Waals surface area contributed by atoms with Crippen LogP contribution in [0.1, 0.15) is 18.1 Å². The summed E-state index contributed by atoms with van der Waals surface area (Å²) in [4.78, 5) is 11.5. The zero-order valence-electron chi connectivity index (χ0n) is 11.8. The summed E-state index contributed by atoms with van der Waals surface area (Å²) < 4.78 is 5.41. The van der Waals surface area contributed by atoms with Crippen LogP contribution in [-0.2, 0) is 4.79 Å².